The molecule has 1 amide bonds. The molecule has 0 aliphatic rings. The highest BCUT2D eigenvalue weighted by atomic mass is 32.1. The van der Waals surface area contributed by atoms with Gasteiger partial charge in [-0.2, -0.15) is 5.10 Å². The molecule has 0 spiro atoms. The number of carbonyl (C=O) groups is 1. The number of carbonyl (C=O) groups excluding carboxylic acids is 1. The van der Waals surface area contributed by atoms with Crippen LogP contribution in [-0.4, -0.2) is 21.1 Å². The van der Waals surface area contributed by atoms with Crippen LogP contribution >= 0.6 is 12.2 Å². The molecule has 0 radical (unpaired) electrons. The Balaban J connectivity index is 2.07. The molecule has 2 aromatic rings. The highest BCUT2D eigenvalue weighted by Crippen LogP contribution is 2.13. The van der Waals surface area contributed by atoms with E-state index in [2.05, 4.69) is 15.5 Å². The molecule has 1 heterocycles. The summed E-state index contributed by atoms with van der Waals surface area (Å²) in [5.74, 6) is 0.293. The molecule has 5 nitrogen and oxygen atoms in total. The number of aromatic nitrogens is 2. The van der Waals surface area contributed by atoms with Crippen molar-refractivity contribution in [2.45, 2.75) is 20.3 Å². The van der Waals surface area contributed by atoms with Crippen LogP contribution in [0.3, 0.4) is 0 Å². The number of hydrogen-bond donors (Lipinski definition) is 3. The summed E-state index contributed by atoms with van der Waals surface area (Å²) in [4.78, 5) is 12.2. The number of anilines is 1. The molecular formula is C14H16N4OS. The second-order valence-corrected chi connectivity index (χ2v) is 5.11. The van der Waals surface area contributed by atoms with Crippen molar-refractivity contribution in [2.24, 2.45) is 5.73 Å². The number of benzene rings is 1. The van der Waals surface area contributed by atoms with Gasteiger partial charge in [-0.05, 0) is 30.5 Å². The van der Waals surface area contributed by atoms with E-state index in [1.165, 1.54) is 17.3 Å². The van der Waals surface area contributed by atoms with Gasteiger partial charge in [0.15, 0.2) is 0 Å². The van der Waals surface area contributed by atoms with E-state index in [1.807, 2.05) is 32.0 Å². The minimum Gasteiger partial charge on any atom is -0.389 e. The van der Waals surface area contributed by atoms with Gasteiger partial charge < -0.3 is 11.1 Å². The van der Waals surface area contributed by atoms with E-state index in [0.29, 0.717) is 11.4 Å². The molecule has 4 N–H and O–H groups in total. The minimum absolute atomic E-state index is 0.144. The average Bonchev–Trinajstić information content (AvgIpc) is 2.82. The van der Waals surface area contributed by atoms with Crippen molar-refractivity contribution < 1.29 is 4.79 Å². The van der Waals surface area contributed by atoms with E-state index < -0.39 is 0 Å². The number of aryl methyl sites for hydroxylation is 2. The van der Waals surface area contributed by atoms with E-state index in [1.54, 1.807) is 0 Å². The Hall–Kier alpha value is -2.21. The first-order chi connectivity index (χ1) is 9.47. The van der Waals surface area contributed by atoms with Gasteiger partial charge >= 0.3 is 0 Å². The van der Waals surface area contributed by atoms with Crippen LogP contribution in [0.25, 0.3) is 0 Å². The molecule has 104 valence electrons. The van der Waals surface area contributed by atoms with E-state index in [0.717, 1.165) is 5.56 Å². The zero-order valence-corrected chi connectivity index (χ0v) is 12.2. The van der Waals surface area contributed by atoms with Crippen molar-refractivity contribution in [1.82, 2.24) is 10.2 Å². The number of aromatic amines is 1. The van der Waals surface area contributed by atoms with Crippen molar-refractivity contribution >= 4 is 28.9 Å². The SMILES string of the molecule is Cc1ccc(CC(=O)Nc2[nH]ncc2C(N)=S)cc1C. The fourth-order valence-electron chi connectivity index (χ4n) is 1.85. The summed E-state index contributed by atoms with van der Waals surface area (Å²) in [6, 6.07) is 5.97. The first-order valence-corrected chi connectivity index (χ1v) is 6.57. The summed E-state index contributed by atoms with van der Waals surface area (Å²) >= 11 is 4.88. The molecule has 6 heteroatoms. The molecule has 0 saturated carbocycles. The molecule has 0 aliphatic heterocycles. The summed E-state index contributed by atoms with van der Waals surface area (Å²) in [5.41, 5.74) is 9.41. The fraction of sp³-hybridized carbons (Fsp3) is 0.214. The maximum atomic E-state index is 12.0. The molecule has 0 saturated heterocycles. The number of nitrogens with zero attached hydrogens (tertiary/aromatic N) is 1. The Kier molecular flexibility index (Phi) is 4.14. The maximum absolute atomic E-state index is 12.0. The van der Waals surface area contributed by atoms with E-state index >= 15 is 0 Å². The highest BCUT2D eigenvalue weighted by Gasteiger charge is 2.11. The van der Waals surface area contributed by atoms with E-state index in [-0.39, 0.29) is 17.3 Å². The van der Waals surface area contributed by atoms with Crippen LogP contribution in [0, 0.1) is 13.8 Å². The van der Waals surface area contributed by atoms with Gasteiger partial charge in [0.1, 0.15) is 10.8 Å². The molecule has 0 aliphatic carbocycles. The van der Waals surface area contributed by atoms with Gasteiger partial charge in [0, 0.05) is 0 Å². The van der Waals surface area contributed by atoms with E-state index in [9.17, 15) is 4.79 Å². The Morgan fingerprint density at radius 1 is 1.40 bits per heavy atom. The number of hydrogen-bond acceptors (Lipinski definition) is 3. The Labute approximate surface area is 122 Å². The molecule has 0 atom stereocenters. The van der Waals surface area contributed by atoms with Crippen molar-refractivity contribution in [3.63, 3.8) is 0 Å². The van der Waals surface area contributed by atoms with Gasteiger partial charge in [-0.3, -0.25) is 9.89 Å². The predicted octanol–water partition coefficient (Wildman–Crippen LogP) is 1.84. The third kappa shape index (κ3) is 3.21. The van der Waals surface area contributed by atoms with Gasteiger partial charge in [0.2, 0.25) is 5.91 Å². The quantitative estimate of drug-likeness (QED) is 0.750. The van der Waals surface area contributed by atoms with Crippen LogP contribution in [0.1, 0.15) is 22.3 Å². The molecule has 2 rings (SSSR count). The normalized spacial score (nSPS) is 10.3. The number of amides is 1. The van der Waals surface area contributed by atoms with E-state index in [4.69, 9.17) is 18.0 Å². The maximum Gasteiger partial charge on any atom is 0.229 e. The minimum atomic E-state index is -0.144. The molecule has 1 aromatic carbocycles. The lowest BCUT2D eigenvalue weighted by Crippen LogP contribution is -2.18. The van der Waals surface area contributed by atoms with Crippen molar-refractivity contribution in [3.8, 4) is 0 Å². The molecular weight excluding hydrogens is 272 g/mol. The second kappa shape index (κ2) is 5.83. The lowest BCUT2D eigenvalue weighted by molar-refractivity contribution is -0.115. The summed E-state index contributed by atoms with van der Waals surface area (Å²) < 4.78 is 0. The predicted molar refractivity (Wildman–Crippen MR) is 82.7 cm³/mol. The molecule has 0 unspecified atom stereocenters. The highest BCUT2D eigenvalue weighted by molar-refractivity contribution is 7.80. The van der Waals surface area contributed by atoms with Crippen molar-refractivity contribution in [1.29, 1.82) is 0 Å². The lowest BCUT2D eigenvalue weighted by atomic mass is 10.0. The van der Waals surface area contributed by atoms with Crippen LogP contribution in [0.15, 0.2) is 24.4 Å². The lowest BCUT2D eigenvalue weighted by Gasteiger charge is -2.07. The number of nitrogens with two attached hydrogens (primary N) is 1. The van der Waals surface area contributed by atoms with Gasteiger partial charge in [-0.1, -0.05) is 30.4 Å². The number of thiocarbonyl (C=S) groups is 1. The zero-order chi connectivity index (χ0) is 14.7. The van der Waals surface area contributed by atoms with Gasteiger partial charge in [0.25, 0.3) is 0 Å². The first-order valence-electron chi connectivity index (χ1n) is 6.16. The molecule has 0 fully saturated rings. The van der Waals surface area contributed by atoms with Crippen molar-refractivity contribution in [2.75, 3.05) is 5.32 Å². The number of H-pyrrole nitrogens is 1. The molecule has 1 aromatic heterocycles. The monoisotopic (exact) mass is 288 g/mol. The molecule has 0 bridgehead atoms. The Morgan fingerprint density at radius 2 is 2.15 bits per heavy atom. The third-order valence-corrected chi connectivity index (χ3v) is 3.33. The summed E-state index contributed by atoms with van der Waals surface area (Å²) in [6.07, 6.45) is 1.78. The topological polar surface area (TPSA) is 83.8 Å². The summed E-state index contributed by atoms with van der Waals surface area (Å²) in [5, 5.41) is 9.23. The number of nitrogens with one attached hydrogen (secondary N) is 2. The zero-order valence-electron chi connectivity index (χ0n) is 11.4. The standard InChI is InChI=1S/C14H16N4OS/c1-8-3-4-10(5-9(8)2)6-12(19)17-14-11(13(15)20)7-16-18-14/h3-5,7H,6H2,1-2H3,(H2,15,20)(H2,16,17,18,19). The largest absolute Gasteiger partial charge is 0.389 e. The van der Waals surface area contributed by atoms with Crippen LogP contribution < -0.4 is 11.1 Å². The third-order valence-electron chi connectivity index (χ3n) is 3.11. The van der Waals surface area contributed by atoms with Crippen LogP contribution in [0.2, 0.25) is 0 Å². The van der Waals surface area contributed by atoms with Crippen molar-refractivity contribution in [3.05, 3.63) is 46.6 Å². The Morgan fingerprint density at radius 3 is 2.80 bits per heavy atom. The van der Waals surface area contributed by atoms with Gasteiger partial charge in [-0.25, -0.2) is 0 Å². The van der Waals surface area contributed by atoms with Crippen LogP contribution in [0.5, 0.6) is 0 Å². The summed E-state index contributed by atoms with van der Waals surface area (Å²) in [6.45, 7) is 4.06. The smallest absolute Gasteiger partial charge is 0.229 e. The molecule has 20 heavy (non-hydrogen) atoms. The van der Waals surface area contributed by atoms with Crippen LogP contribution in [0.4, 0.5) is 5.82 Å². The Bertz CT molecular complexity index is 663. The first kappa shape index (κ1) is 14.2. The fourth-order valence-corrected chi connectivity index (χ4v) is 2.01. The average molecular weight is 288 g/mol. The summed E-state index contributed by atoms with van der Waals surface area (Å²) in [7, 11) is 0. The van der Waals surface area contributed by atoms with Gasteiger partial charge in [-0.15, -0.1) is 0 Å². The van der Waals surface area contributed by atoms with Crippen LogP contribution in [-0.2, 0) is 11.2 Å². The van der Waals surface area contributed by atoms with Gasteiger partial charge in [0.05, 0.1) is 18.2 Å². The second-order valence-electron chi connectivity index (χ2n) is 4.67. The number of rotatable bonds is 4.